The number of sulfonamides is 1. The molecule has 0 aromatic heterocycles. The highest BCUT2D eigenvalue weighted by Crippen LogP contribution is 2.21. The summed E-state index contributed by atoms with van der Waals surface area (Å²) in [5.41, 5.74) is 1.15. The first-order valence-electron chi connectivity index (χ1n) is 9.47. The average molecular weight is 389 g/mol. The normalized spacial score (nSPS) is 16.6. The minimum atomic E-state index is -3.42. The van der Waals surface area contributed by atoms with E-state index in [0.29, 0.717) is 30.5 Å². The molecule has 2 aromatic rings. The molecule has 0 radical (unpaired) electrons. The zero-order chi connectivity index (χ0) is 19.3. The van der Waals surface area contributed by atoms with Crippen LogP contribution < -0.4 is 4.74 Å². The molecule has 6 heteroatoms. The van der Waals surface area contributed by atoms with E-state index in [4.69, 9.17) is 4.74 Å². The number of ether oxygens (including phenoxy) is 1. The second kappa shape index (κ2) is 8.87. The minimum Gasteiger partial charge on any atom is -0.492 e. The Bertz CT molecular complexity index is 812. The molecule has 0 amide bonds. The van der Waals surface area contributed by atoms with E-state index < -0.39 is 10.0 Å². The molecule has 1 saturated heterocycles. The van der Waals surface area contributed by atoms with Crippen molar-refractivity contribution < 1.29 is 13.2 Å². The van der Waals surface area contributed by atoms with E-state index in [1.807, 2.05) is 42.5 Å². The van der Waals surface area contributed by atoms with Crippen molar-refractivity contribution in [3.8, 4) is 5.75 Å². The van der Waals surface area contributed by atoms with Crippen molar-refractivity contribution in [3.05, 3.63) is 60.2 Å². The SMILES string of the molecule is CC(C)c1ccc(S(=O)(=O)N2CCN(CCOc3ccccc3)CC2)cc1. The highest BCUT2D eigenvalue weighted by atomic mass is 32.2. The van der Waals surface area contributed by atoms with Crippen molar-refractivity contribution >= 4 is 10.0 Å². The number of para-hydroxylation sites is 1. The lowest BCUT2D eigenvalue weighted by Crippen LogP contribution is -2.49. The second-order valence-electron chi connectivity index (χ2n) is 7.13. The van der Waals surface area contributed by atoms with Gasteiger partial charge >= 0.3 is 0 Å². The van der Waals surface area contributed by atoms with Crippen molar-refractivity contribution in [2.75, 3.05) is 39.3 Å². The summed E-state index contributed by atoms with van der Waals surface area (Å²) < 4.78 is 33.0. The Balaban J connectivity index is 1.50. The van der Waals surface area contributed by atoms with E-state index >= 15 is 0 Å². The summed E-state index contributed by atoms with van der Waals surface area (Å²) in [6.07, 6.45) is 0. The van der Waals surface area contributed by atoms with Crippen LogP contribution in [-0.4, -0.2) is 57.0 Å². The molecular weight excluding hydrogens is 360 g/mol. The third kappa shape index (κ3) is 5.09. The van der Waals surface area contributed by atoms with Gasteiger partial charge in [-0.1, -0.05) is 44.2 Å². The van der Waals surface area contributed by atoms with Gasteiger partial charge in [-0.3, -0.25) is 4.90 Å². The maximum Gasteiger partial charge on any atom is 0.243 e. The van der Waals surface area contributed by atoms with Gasteiger partial charge in [0.1, 0.15) is 12.4 Å². The van der Waals surface area contributed by atoms with E-state index in [9.17, 15) is 8.42 Å². The van der Waals surface area contributed by atoms with Gasteiger partial charge in [-0.15, -0.1) is 0 Å². The molecule has 1 fully saturated rings. The van der Waals surface area contributed by atoms with Gasteiger partial charge in [0.05, 0.1) is 4.90 Å². The van der Waals surface area contributed by atoms with Gasteiger partial charge in [0, 0.05) is 32.7 Å². The van der Waals surface area contributed by atoms with Crippen molar-refractivity contribution in [1.29, 1.82) is 0 Å². The first kappa shape index (κ1) is 19.9. The van der Waals surface area contributed by atoms with Crippen LogP contribution in [-0.2, 0) is 10.0 Å². The van der Waals surface area contributed by atoms with Gasteiger partial charge < -0.3 is 4.74 Å². The molecule has 0 spiro atoms. The number of piperazine rings is 1. The van der Waals surface area contributed by atoms with Crippen LogP contribution in [0, 0.1) is 0 Å². The van der Waals surface area contributed by atoms with Gasteiger partial charge in [0.25, 0.3) is 0 Å². The maximum absolute atomic E-state index is 12.9. The molecule has 3 rings (SSSR count). The summed E-state index contributed by atoms with van der Waals surface area (Å²) in [6.45, 7) is 8.08. The molecule has 0 bridgehead atoms. The van der Waals surface area contributed by atoms with Crippen LogP contribution in [0.15, 0.2) is 59.5 Å². The van der Waals surface area contributed by atoms with Crippen LogP contribution in [0.3, 0.4) is 0 Å². The lowest BCUT2D eigenvalue weighted by atomic mass is 10.0. The van der Waals surface area contributed by atoms with Crippen LogP contribution in [0.5, 0.6) is 5.75 Å². The van der Waals surface area contributed by atoms with E-state index in [1.165, 1.54) is 0 Å². The van der Waals surface area contributed by atoms with Crippen LogP contribution >= 0.6 is 0 Å². The zero-order valence-corrected chi connectivity index (χ0v) is 16.9. The molecule has 0 unspecified atom stereocenters. The van der Waals surface area contributed by atoms with Crippen LogP contribution in [0.4, 0.5) is 0 Å². The fourth-order valence-electron chi connectivity index (χ4n) is 3.18. The zero-order valence-electron chi connectivity index (χ0n) is 16.0. The average Bonchev–Trinajstić information content (AvgIpc) is 2.69. The Hall–Kier alpha value is -1.89. The molecule has 0 saturated carbocycles. The molecule has 2 aromatic carbocycles. The van der Waals surface area contributed by atoms with Gasteiger partial charge in [-0.2, -0.15) is 4.31 Å². The van der Waals surface area contributed by atoms with E-state index in [0.717, 1.165) is 30.9 Å². The Morgan fingerprint density at radius 2 is 1.56 bits per heavy atom. The van der Waals surface area contributed by atoms with E-state index in [1.54, 1.807) is 16.4 Å². The molecule has 1 aliphatic rings. The van der Waals surface area contributed by atoms with Gasteiger partial charge in [-0.25, -0.2) is 8.42 Å². The smallest absolute Gasteiger partial charge is 0.243 e. The number of rotatable bonds is 7. The van der Waals surface area contributed by atoms with Crippen LogP contribution in [0.25, 0.3) is 0 Å². The fourth-order valence-corrected chi connectivity index (χ4v) is 4.60. The molecule has 27 heavy (non-hydrogen) atoms. The first-order chi connectivity index (χ1) is 13.0. The van der Waals surface area contributed by atoms with Crippen LogP contribution in [0.2, 0.25) is 0 Å². The molecule has 0 atom stereocenters. The van der Waals surface area contributed by atoms with Gasteiger partial charge in [0.2, 0.25) is 10.0 Å². The number of hydrogen-bond acceptors (Lipinski definition) is 4. The van der Waals surface area contributed by atoms with Crippen molar-refractivity contribution in [1.82, 2.24) is 9.21 Å². The standard InChI is InChI=1S/C21H28N2O3S/c1-18(2)19-8-10-21(11-9-19)27(24,25)23-14-12-22(13-15-23)16-17-26-20-6-4-3-5-7-20/h3-11,18H,12-17H2,1-2H3. The summed E-state index contributed by atoms with van der Waals surface area (Å²) in [5, 5.41) is 0. The monoisotopic (exact) mass is 388 g/mol. The predicted octanol–water partition coefficient (Wildman–Crippen LogP) is 3.20. The third-order valence-electron chi connectivity index (χ3n) is 4.94. The Morgan fingerprint density at radius 1 is 0.926 bits per heavy atom. The number of nitrogens with zero attached hydrogens (tertiary/aromatic N) is 2. The highest BCUT2D eigenvalue weighted by Gasteiger charge is 2.28. The summed E-state index contributed by atoms with van der Waals surface area (Å²) >= 11 is 0. The summed E-state index contributed by atoms with van der Waals surface area (Å²) in [7, 11) is -3.42. The largest absolute Gasteiger partial charge is 0.492 e. The number of benzene rings is 2. The van der Waals surface area contributed by atoms with Crippen LogP contribution in [0.1, 0.15) is 25.3 Å². The molecule has 0 N–H and O–H groups in total. The first-order valence-corrected chi connectivity index (χ1v) is 10.9. The molecule has 1 heterocycles. The van der Waals surface area contributed by atoms with Gasteiger partial charge in [0.15, 0.2) is 0 Å². The third-order valence-corrected chi connectivity index (χ3v) is 6.85. The van der Waals surface area contributed by atoms with E-state index in [2.05, 4.69) is 18.7 Å². The topological polar surface area (TPSA) is 49.9 Å². The highest BCUT2D eigenvalue weighted by molar-refractivity contribution is 7.89. The molecule has 0 aliphatic carbocycles. The molecular formula is C21H28N2O3S. The Kier molecular flexibility index (Phi) is 6.52. The lowest BCUT2D eigenvalue weighted by molar-refractivity contribution is 0.159. The molecule has 5 nitrogen and oxygen atoms in total. The Morgan fingerprint density at radius 3 is 2.15 bits per heavy atom. The molecule has 146 valence electrons. The van der Waals surface area contributed by atoms with Crippen molar-refractivity contribution in [2.24, 2.45) is 0 Å². The van der Waals surface area contributed by atoms with Crippen molar-refractivity contribution in [2.45, 2.75) is 24.7 Å². The Labute approximate surface area is 162 Å². The summed E-state index contributed by atoms with van der Waals surface area (Å²) in [4.78, 5) is 2.63. The lowest BCUT2D eigenvalue weighted by Gasteiger charge is -2.33. The van der Waals surface area contributed by atoms with Gasteiger partial charge in [-0.05, 0) is 35.7 Å². The minimum absolute atomic E-state index is 0.382. The number of hydrogen-bond donors (Lipinski definition) is 0. The van der Waals surface area contributed by atoms with Crippen molar-refractivity contribution in [3.63, 3.8) is 0 Å². The predicted molar refractivity (Wildman–Crippen MR) is 108 cm³/mol. The second-order valence-corrected chi connectivity index (χ2v) is 9.07. The van der Waals surface area contributed by atoms with E-state index in [-0.39, 0.29) is 0 Å². The maximum atomic E-state index is 12.9. The quantitative estimate of drug-likeness (QED) is 0.731. The fraction of sp³-hybridized carbons (Fsp3) is 0.429. The summed E-state index contributed by atoms with van der Waals surface area (Å²) in [5.74, 6) is 1.26. The summed E-state index contributed by atoms with van der Waals surface area (Å²) in [6, 6.07) is 17.0. The molecule has 1 aliphatic heterocycles.